The number of amides is 1. The van der Waals surface area contributed by atoms with Crippen LogP contribution in [0.4, 0.5) is 5.69 Å². The molecule has 1 heterocycles. The van der Waals surface area contributed by atoms with Gasteiger partial charge >= 0.3 is 0 Å². The maximum atomic E-state index is 13.1. The highest BCUT2D eigenvalue weighted by Crippen LogP contribution is 2.27. The number of hydrogen-bond donors (Lipinski definition) is 2. The van der Waals surface area contributed by atoms with Crippen LogP contribution in [0, 0.1) is 0 Å². The highest BCUT2D eigenvalue weighted by molar-refractivity contribution is 5.96. The lowest BCUT2D eigenvalue weighted by Crippen LogP contribution is -2.23. The number of hydrogen-bond acceptors (Lipinski definition) is 4. The number of nitrogens with one attached hydrogen (secondary N) is 2. The topological polar surface area (TPSA) is 70.2 Å². The van der Waals surface area contributed by atoms with Crippen LogP contribution in [0.25, 0.3) is 11.1 Å². The summed E-state index contributed by atoms with van der Waals surface area (Å²) in [4.78, 5) is 15.3. The first-order valence-electron chi connectivity index (χ1n) is 9.75. The fourth-order valence-corrected chi connectivity index (χ4v) is 3.30. The fraction of sp³-hybridized carbons (Fsp3) is 0.304. The van der Waals surface area contributed by atoms with Crippen molar-refractivity contribution in [3.63, 3.8) is 0 Å². The molecule has 1 amide bonds. The van der Waals surface area contributed by atoms with Crippen molar-refractivity contribution >= 4 is 11.6 Å². The molecule has 29 heavy (non-hydrogen) atoms. The lowest BCUT2D eigenvalue weighted by Gasteiger charge is -2.19. The first kappa shape index (κ1) is 20.6. The summed E-state index contributed by atoms with van der Waals surface area (Å²) in [6.07, 6.45) is 5.32. The van der Waals surface area contributed by atoms with E-state index in [1.807, 2.05) is 68.8 Å². The maximum absolute atomic E-state index is 13.1. The summed E-state index contributed by atoms with van der Waals surface area (Å²) in [6, 6.07) is 15.6. The number of H-pyrrole nitrogens is 1. The minimum Gasteiger partial charge on any atom is -0.497 e. The molecule has 6 nitrogen and oxygen atoms in total. The summed E-state index contributed by atoms with van der Waals surface area (Å²) in [7, 11) is 5.73. The molecule has 0 bridgehead atoms. The minimum atomic E-state index is -0.237. The molecule has 0 aliphatic carbocycles. The number of aromatic nitrogens is 2. The van der Waals surface area contributed by atoms with Gasteiger partial charge in [0.15, 0.2) is 0 Å². The molecule has 0 saturated heterocycles. The van der Waals surface area contributed by atoms with Crippen molar-refractivity contribution in [3.8, 4) is 16.9 Å². The van der Waals surface area contributed by atoms with Crippen LogP contribution >= 0.6 is 0 Å². The molecule has 3 rings (SSSR count). The molecule has 0 unspecified atom stereocenters. The molecule has 0 saturated carbocycles. The van der Waals surface area contributed by atoms with Crippen LogP contribution in [0.1, 0.15) is 24.3 Å². The molecule has 0 fully saturated rings. The molecule has 0 aliphatic rings. The lowest BCUT2D eigenvalue weighted by atomic mass is 9.92. The van der Waals surface area contributed by atoms with Crippen LogP contribution in [0.3, 0.4) is 0 Å². The molecule has 2 aromatic carbocycles. The number of nitrogens with zero attached hydrogens (tertiary/aromatic N) is 2. The Labute approximate surface area is 171 Å². The Balaban J connectivity index is 1.74. The highest BCUT2D eigenvalue weighted by Gasteiger charge is 2.21. The summed E-state index contributed by atoms with van der Waals surface area (Å²) in [5.74, 6) is 0.518. The van der Waals surface area contributed by atoms with E-state index in [9.17, 15) is 4.79 Å². The van der Waals surface area contributed by atoms with Crippen LogP contribution in [-0.2, 0) is 4.79 Å². The molecule has 1 aromatic heterocycles. The molecule has 1 atom stereocenters. The quantitative estimate of drug-likeness (QED) is 0.574. The first-order chi connectivity index (χ1) is 14.1. The SMILES string of the molecule is COc1cccc([C@@H](CCCN(C)C)C(=O)Nc2ccc(-c3cn[nH]c3)cc2)c1. The number of carbonyl (C=O) groups is 1. The van der Waals surface area contributed by atoms with Crippen LogP contribution in [0.5, 0.6) is 5.75 Å². The van der Waals surface area contributed by atoms with Gasteiger partial charge in [-0.2, -0.15) is 5.10 Å². The Bertz CT molecular complexity index is 905. The molecule has 152 valence electrons. The average molecular weight is 393 g/mol. The monoisotopic (exact) mass is 392 g/mol. The van der Waals surface area contributed by atoms with Crippen LogP contribution in [0.15, 0.2) is 60.9 Å². The third kappa shape index (κ3) is 5.68. The molecule has 0 aliphatic heterocycles. The minimum absolute atomic E-state index is 0.00642. The van der Waals surface area contributed by atoms with Crippen LogP contribution < -0.4 is 10.1 Å². The number of aromatic amines is 1. The van der Waals surface area contributed by atoms with Crippen LogP contribution in [0.2, 0.25) is 0 Å². The second-order valence-corrected chi connectivity index (χ2v) is 7.33. The Morgan fingerprint density at radius 1 is 1.17 bits per heavy atom. The normalized spacial score (nSPS) is 12.0. The Kier molecular flexibility index (Phi) is 7.03. The van der Waals surface area contributed by atoms with Crippen molar-refractivity contribution in [2.75, 3.05) is 33.1 Å². The number of ether oxygens (including phenoxy) is 1. The summed E-state index contributed by atoms with van der Waals surface area (Å²) in [5.41, 5.74) is 3.81. The predicted octanol–water partition coefficient (Wildman–Crippen LogP) is 4.15. The van der Waals surface area contributed by atoms with Gasteiger partial charge in [0.2, 0.25) is 5.91 Å². The zero-order valence-corrected chi connectivity index (χ0v) is 17.2. The first-order valence-corrected chi connectivity index (χ1v) is 9.75. The van der Waals surface area contributed by atoms with E-state index in [4.69, 9.17) is 4.74 Å². The van der Waals surface area contributed by atoms with Crippen molar-refractivity contribution in [2.45, 2.75) is 18.8 Å². The van der Waals surface area contributed by atoms with Gasteiger partial charge in [0.1, 0.15) is 5.75 Å². The molecule has 6 heteroatoms. The van der Waals surface area contributed by atoms with E-state index in [0.717, 1.165) is 47.5 Å². The zero-order valence-electron chi connectivity index (χ0n) is 17.2. The third-order valence-electron chi connectivity index (χ3n) is 4.89. The molecule has 0 spiro atoms. The summed E-state index contributed by atoms with van der Waals surface area (Å²) in [6.45, 7) is 0.938. The van der Waals surface area contributed by atoms with E-state index in [2.05, 4.69) is 20.4 Å². The average Bonchev–Trinajstić information content (AvgIpc) is 3.26. The van der Waals surface area contributed by atoms with E-state index in [1.165, 1.54) is 0 Å². The van der Waals surface area contributed by atoms with E-state index >= 15 is 0 Å². The van der Waals surface area contributed by atoms with Crippen molar-refractivity contribution in [1.29, 1.82) is 0 Å². The molecule has 3 aromatic rings. The van der Waals surface area contributed by atoms with E-state index < -0.39 is 0 Å². The lowest BCUT2D eigenvalue weighted by molar-refractivity contribution is -0.117. The van der Waals surface area contributed by atoms with E-state index in [1.54, 1.807) is 13.3 Å². The largest absolute Gasteiger partial charge is 0.497 e. The van der Waals surface area contributed by atoms with Gasteiger partial charge in [0.05, 0.1) is 19.2 Å². The van der Waals surface area contributed by atoms with Crippen molar-refractivity contribution in [2.24, 2.45) is 0 Å². The van der Waals surface area contributed by atoms with Crippen molar-refractivity contribution in [1.82, 2.24) is 15.1 Å². The highest BCUT2D eigenvalue weighted by atomic mass is 16.5. The van der Waals surface area contributed by atoms with Gasteiger partial charge in [0.25, 0.3) is 0 Å². The Morgan fingerprint density at radius 3 is 2.62 bits per heavy atom. The summed E-state index contributed by atoms with van der Waals surface area (Å²) >= 11 is 0. The van der Waals surface area contributed by atoms with E-state index in [0.29, 0.717) is 0 Å². The van der Waals surface area contributed by atoms with Gasteiger partial charge in [-0.15, -0.1) is 0 Å². The zero-order chi connectivity index (χ0) is 20.6. The number of carbonyl (C=O) groups excluding carboxylic acids is 1. The Hall–Kier alpha value is -3.12. The van der Waals surface area contributed by atoms with Gasteiger partial charge in [0, 0.05) is 17.4 Å². The van der Waals surface area contributed by atoms with Gasteiger partial charge in [-0.05, 0) is 68.9 Å². The van der Waals surface area contributed by atoms with Crippen molar-refractivity contribution < 1.29 is 9.53 Å². The smallest absolute Gasteiger partial charge is 0.231 e. The number of benzene rings is 2. The van der Waals surface area contributed by atoms with Gasteiger partial charge in [-0.25, -0.2) is 0 Å². The second-order valence-electron chi connectivity index (χ2n) is 7.33. The third-order valence-corrected chi connectivity index (χ3v) is 4.89. The predicted molar refractivity (Wildman–Crippen MR) is 116 cm³/mol. The fourth-order valence-electron chi connectivity index (χ4n) is 3.30. The summed E-state index contributed by atoms with van der Waals surface area (Å²) in [5, 5.41) is 9.86. The molecule has 0 radical (unpaired) electrons. The number of rotatable bonds is 9. The van der Waals surface area contributed by atoms with E-state index in [-0.39, 0.29) is 11.8 Å². The maximum Gasteiger partial charge on any atom is 0.231 e. The number of anilines is 1. The standard InChI is InChI=1S/C23H28N4O2/c1-27(2)13-5-8-22(18-6-4-7-21(14-18)29-3)23(28)26-20-11-9-17(10-12-20)19-15-24-25-16-19/h4,6-7,9-12,14-16,22H,5,8,13H2,1-3H3,(H,24,25)(H,26,28)/t22-/m1/s1. The molecular weight excluding hydrogens is 364 g/mol. The Morgan fingerprint density at radius 2 is 1.97 bits per heavy atom. The van der Waals surface area contributed by atoms with Gasteiger partial charge in [-0.1, -0.05) is 24.3 Å². The van der Waals surface area contributed by atoms with Crippen molar-refractivity contribution in [3.05, 3.63) is 66.5 Å². The molecular formula is C23H28N4O2. The summed E-state index contributed by atoms with van der Waals surface area (Å²) < 4.78 is 5.35. The second kappa shape index (κ2) is 9.89. The van der Waals surface area contributed by atoms with Gasteiger partial charge < -0.3 is 15.0 Å². The van der Waals surface area contributed by atoms with Gasteiger partial charge in [-0.3, -0.25) is 9.89 Å². The van der Waals surface area contributed by atoms with Crippen LogP contribution in [-0.4, -0.2) is 48.8 Å². The number of methoxy groups -OCH3 is 1. The molecule has 2 N–H and O–H groups in total.